The molecule has 122 valence electrons. The van der Waals surface area contributed by atoms with Gasteiger partial charge in [-0.3, -0.25) is 4.99 Å². The number of hydrogen-bond acceptors (Lipinski definition) is 1. The van der Waals surface area contributed by atoms with Crippen molar-refractivity contribution in [3.05, 3.63) is 29.8 Å². The number of nitrogens with zero attached hydrogens (tertiary/aromatic N) is 1. The van der Waals surface area contributed by atoms with E-state index in [1.807, 2.05) is 0 Å². The van der Waals surface area contributed by atoms with Gasteiger partial charge in [-0.1, -0.05) is 18.6 Å². The molecule has 5 fully saturated rings. The predicted molar refractivity (Wildman–Crippen MR) is 96.5 cm³/mol. The second kappa shape index (κ2) is 5.46. The quantitative estimate of drug-likeness (QED) is 0.617. The number of aliphatic imine (C=N–C) groups is 1. The van der Waals surface area contributed by atoms with E-state index in [1.165, 1.54) is 82.0 Å². The Hall–Kier alpha value is -1.11. The lowest BCUT2D eigenvalue weighted by atomic mass is 9.48. The molecule has 0 heterocycles. The van der Waals surface area contributed by atoms with Crippen molar-refractivity contribution in [2.75, 3.05) is 0 Å². The molecule has 4 bridgehead atoms. The molecule has 5 aliphatic carbocycles. The van der Waals surface area contributed by atoms with E-state index in [2.05, 4.69) is 24.3 Å². The molecular weight excluding hydrogens is 278 g/mol. The third kappa shape index (κ3) is 2.57. The molecule has 0 amide bonds. The first-order valence-electron chi connectivity index (χ1n) is 9.96. The van der Waals surface area contributed by atoms with Crippen LogP contribution >= 0.6 is 0 Å². The highest BCUT2D eigenvalue weighted by molar-refractivity contribution is 5.87. The summed E-state index contributed by atoms with van der Waals surface area (Å²) in [5.41, 5.74) is 4.78. The summed E-state index contributed by atoms with van der Waals surface area (Å²) in [5, 5.41) is 0. The maximum Gasteiger partial charge on any atom is 0.0629 e. The zero-order valence-corrected chi connectivity index (χ0v) is 14.3. The summed E-state index contributed by atoms with van der Waals surface area (Å²) in [6.45, 7) is 0. The zero-order chi connectivity index (χ0) is 15.3. The van der Waals surface area contributed by atoms with E-state index in [-0.39, 0.29) is 0 Å². The molecule has 5 aliphatic rings. The second-order valence-electron chi connectivity index (χ2n) is 8.98. The molecule has 1 nitrogen and oxygen atoms in total. The summed E-state index contributed by atoms with van der Waals surface area (Å²) in [7, 11) is 0. The third-order valence-electron chi connectivity index (χ3n) is 7.24. The van der Waals surface area contributed by atoms with Gasteiger partial charge in [0.25, 0.3) is 0 Å². The summed E-state index contributed by atoms with van der Waals surface area (Å²) < 4.78 is 0. The molecule has 0 aromatic heterocycles. The van der Waals surface area contributed by atoms with Crippen LogP contribution in [0.1, 0.15) is 76.2 Å². The van der Waals surface area contributed by atoms with Crippen molar-refractivity contribution in [3.63, 3.8) is 0 Å². The van der Waals surface area contributed by atoms with E-state index >= 15 is 0 Å². The highest BCUT2D eigenvalue weighted by Gasteiger charge is 2.51. The minimum absolute atomic E-state index is 0.533. The van der Waals surface area contributed by atoms with Gasteiger partial charge in [0, 0.05) is 5.71 Å². The van der Waals surface area contributed by atoms with E-state index in [0.29, 0.717) is 5.41 Å². The molecule has 23 heavy (non-hydrogen) atoms. The van der Waals surface area contributed by atoms with Crippen LogP contribution in [-0.2, 0) is 5.41 Å². The number of hydrogen-bond donors (Lipinski definition) is 0. The normalized spacial score (nSPS) is 38.8. The maximum absolute atomic E-state index is 4.92. The van der Waals surface area contributed by atoms with Gasteiger partial charge in [0.05, 0.1) is 5.69 Å². The average Bonchev–Trinajstić information content (AvgIpc) is 2.55. The van der Waals surface area contributed by atoms with Gasteiger partial charge < -0.3 is 0 Å². The van der Waals surface area contributed by atoms with Crippen LogP contribution in [0, 0.1) is 17.8 Å². The summed E-state index contributed by atoms with van der Waals surface area (Å²) >= 11 is 0. The molecule has 1 heteroatoms. The van der Waals surface area contributed by atoms with Crippen molar-refractivity contribution in [1.29, 1.82) is 0 Å². The molecule has 0 radical (unpaired) electrons. The summed E-state index contributed by atoms with van der Waals surface area (Å²) in [6.07, 6.45) is 15.5. The van der Waals surface area contributed by atoms with E-state index in [0.717, 1.165) is 17.8 Å². The van der Waals surface area contributed by atoms with Gasteiger partial charge in [-0.15, -0.1) is 0 Å². The van der Waals surface area contributed by atoms with Crippen LogP contribution < -0.4 is 0 Å². The lowest BCUT2D eigenvalue weighted by Gasteiger charge is -2.57. The van der Waals surface area contributed by atoms with Gasteiger partial charge in [0.15, 0.2) is 0 Å². The topological polar surface area (TPSA) is 12.4 Å². The van der Waals surface area contributed by atoms with Gasteiger partial charge in [-0.25, -0.2) is 0 Å². The molecule has 6 rings (SSSR count). The average molecular weight is 307 g/mol. The first kappa shape index (κ1) is 14.3. The van der Waals surface area contributed by atoms with Crippen molar-refractivity contribution < 1.29 is 0 Å². The molecule has 5 saturated carbocycles. The van der Waals surface area contributed by atoms with Crippen molar-refractivity contribution in [3.8, 4) is 0 Å². The van der Waals surface area contributed by atoms with E-state index in [9.17, 15) is 0 Å². The van der Waals surface area contributed by atoms with Crippen molar-refractivity contribution >= 4 is 11.4 Å². The van der Waals surface area contributed by atoms with Crippen molar-refractivity contribution in [2.24, 2.45) is 22.7 Å². The Balaban J connectivity index is 1.39. The van der Waals surface area contributed by atoms with E-state index in [4.69, 9.17) is 4.99 Å². The molecule has 0 saturated heterocycles. The Morgan fingerprint density at radius 1 is 0.739 bits per heavy atom. The molecular formula is C22H29N. The zero-order valence-electron chi connectivity index (χ0n) is 14.3. The van der Waals surface area contributed by atoms with Crippen LogP contribution in [0.5, 0.6) is 0 Å². The molecule has 1 aromatic rings. The fraction of sp³-hybridized carbons (Fsp3) is 0.682. The molecule has 0 atom stereocenters. The Morgan fingerprint density at radius 3 is 1.87 bits per heavy atom. The molecule has 0 spiro atoms. The van der Waals surface area contributed by atoms with Crippen molar-refractivity contribution in [2.45, 2.75) is 76.0 Å². The lowest BCUT2D eigenvalue weighted by Crippen LogP contribution is -2.48. The summed E-state index contributed by atoms with van der Waals surface area (Å²) in [6, 6.07) is 9.45. The van der Waals surface area contributed by atoms with Gasteiger partial charge in [-0.2, -0.15) is 0 Å². The molecule has 0 unspecified atom stereocenters. The minimum atomic E-state index is 0.533. The monoisotopic (exact) mass is 307 g/mol. The van der Waals surface area contributed by atoms with Crippen LogP contribution in [0.2, 0.25) is 0 Å². The first-order valence-corrected chi connectivity index (χ1v) is 9.96. The second-order valence-corrected chi connectivity index (χ2v) is 8.98. The third-order valence-corrected chi connectivity index (χ3v) is 7.24. The van der Waals surface area contributed by atoms with Gasteiger partial charge in [0.2, 0.25) is 0 Å². The fourth-order valence-electron chi connectivity index (χ4n) is 6.61. The Morgan fingerprint density at radius 2 is 1.30 bits per heavy atom. The summed E-state index contributed by atoms with van der Waals surface area (Å²) in [5.74, 6) is 3.09. The number of benzene rings is 1. The summed E-state index contributed by atoms with van der Waals surface area (Å²) in [4.78, 5) is 4.92. The highest BCUT2D eigenvalue weighted by atomic mass is 14.7. The minimum Gasteiger partial charge on any atom is -0.258 e. The van der Waals surface area contributed by atoms with Gasteiger partial charge in [-0.05, 0) is 105 Å². The predicted octanol–water partition coefficient (Wildman–Crippen LogP) is 6.19. The van der Waals surface area contributed by atoms with Gasteiger partial charge >= 0.3 is 0 Å². The SMILES string of the molecule is c1cc(C23CC4CC(CC(C4)C2)C3)ccc1N=C1CCCCC1. The van der Waals surface area contributed by atoms with Crippen LogP contribution in [0.3, 0.4) is 0 Å². The molecule has 0 aliphatic heterocycles. The Kier molecular flexibility index (Phi) is 3.39. The smallest absolute Gasteiger partial charge is 0.0629 e. The highest BCUT2D eigenvalue weighted by Crippen LogP contribution is 2.60. The Bertz CT molecular complexity index is 566. The van der Waals surface area contributed by atoms with E-state index in [1.54, 1.807) is 5.56 Å². The van der Waals surface area contributed by atoms with Crippen molar-refractivity contribution in [1.82, 2.24) is 0 Å². The maximum atomic E-state index is 4.92. The van der Waals surface area contributed by atoms with Gasteiger partial charge in [0.1, 0.15) is 0 Å². The van der Waals surface area contributed by atoms with Crippen LogP contribution in [-0.4, -0.2) is 5.71 Å². The largest absolute Gasteiger partial charge is 0.258 e. The standard InChI is InChI=1S/C22H29N/c1-2-4-20(5-3-1)23-21-8-6-19(7-9-21)22-13-16-10-17(14-22)12-18(11-16)15-22/h6-9,16-18H,1-5,10-15H2. The van der Waals surface area contributed by atoms with E-state index < -0.39 is 0 Å². The fourth-order valence-corrected chi connectivity index (χ4v) is 6.61. The number of rotatable bonds is 2. The Labute approximate surface area is 140 Å². The van der Waals surface area contributed by atoms with Crippen LogP contribution in [0.25, 0.3) is 0 Å². The lowest BCUT2D eigenvalue weighted by molar-refractivity contribution is -0.00518. The first-order chi connectivity index (χ1) is 11.3. The molecule has 0 N–H and O–H groups in total. The van der Waals surface area contributed by atoms with Crippen LogP contribution in [0.4, 0.5) is 5.69 Å². The molecule has 1 aromatic carbocycles. The van der Waals surface area contributed by atoms with Crippen LogP contribution in [0.15, 0.2) is 29.3 Å².